The summed E-state index contributed by atoms with van der Waals surface area (Å²) in [5.74, 6) is 1.65. The van der Waals surface area contributed by atoms with Gasteiger partial charge in [0.1, 0.15) is 5.82 Å². The zero-order valence-corrected chi connectivity index (χ0v) is 15.4. The van der Waals surface area contributed by atoms with Crippen LogP contribution in [0, 0.1) is 6.92 Å². The molecule has 1 aromatic heterocycles. The maximum atomic E-state index is 12.0. The second-order valence-electron chi connectivity index (χ2n) is 6.68. The van der Waals surface area contributed by atoms with Crippen LogP contribution in [0.2, 0.25) is 0 Å². The third-order valence-corrected chi connectivity index (χ3v) is 4.46. The Morgan fingerprint density at radius 3 is 2.62 bits per heavy atom. The maximum Gasteiger partial charge on any atom is 0.224 e. The topological polar surface area (TPSA) is 70.2 Å². The Hall–Kier alpha value is -2.63. The Balaban J connectivity index is 1.45. The summed E-state index contributed by atoms with van der Waals surface area (Å²) in [4.78, 5) is 23.4. The van der Waals surface area contributed by atoms with Crippen LogP contribution < -0.4 is 15.5 Å². The molecule has 1 aromatic carbocycles. The third-order valence-electron chi connectivity index (χ3n) is 4.46. The van der Waals surface area contributed by atoms with E-state index < -0.39 is 0 Å². The first kappa shape index (κ1) is 18.2. The first-order chi connectivity index (χ1) is 12.7. The van der Waals surface area contributed by atoms with Crippen LogP contribution in [-0.4, -0.2) is 42.1 Å². The molecule has 0 bridgehead atoms. The van der Waals surface area contributed by atoms with E-state index in [2.05, 4.69) is 25.5 Å². The van der Waals surface area contributed by atoms with Crippen LogP contribution in [0.4, 0.5) is 11.8 Å². The number of nitrogens with one attached hydrogen (secondary N) is 2. The van der Waals surface area contributed by atoms with Crippen LogP contribution in [0.1, 0.15) is 30.5 Å². The number of aromatic nitrogens is 2. The second kappa shape index (κ2) is 9.17. The van der Waals surface area contributed by atoms with Crippen molar-refractivity contribution in [3.8, 4) is 0 Å². The number of amides is 1. The van der Waals surface area contributed by atoms with Crippen molar-refractivity contribution in [2.24, 2.45) is 0 Å². The molecule has 2 aromatic rings. The van der Waals surface area contributed by atoms with Gasteiger partial charge in [-0.05, 0) is 31.7 Å². The summed E-state index contributed by atoms with van der Waals surface area (Å²) in [5.41, 5.74) is 1.97. The maximum absolute atomic E-state index is 12.0. The van der Waals surface area contributed by atoms with Gasteiger partial charge in [-0.2, -0.15) is 4.98 Å². The number of rotatable bonds is 7. The van der Waals surface area contributed by atoms with Crippen molar-refractivity contribution in [3.05, 3.63) is 47.7 Å². The molecule has 1 amide bonds. The van der Waals surface area contributed by atoms with Crippen molar-refractivity contribution in [2.75, 3.05) is 36.4 Å². The average Bonchev–Trinajstić information content (AvgIpc) is 2.66. The number of nitrogens with zero attached hydrogens (tertiary/aromatic N) is 3. The monoisotopic (exact) mass is 353 g/mol. The molecule has 138 valence electrons. The Morgan fingerprint density at radius 2 is 1.85 bits per heavy atom. The van der Waals surface area contributed by atoms with E-state index in [9.17, 15) is 4.79 Å². The van der Waals surface area contributed by atoms with Crippen LogP contribution in [0.15, 0.2) is 36.4 Å². The minimum Gasteiger partial charge on any atom is -0.356 e. The Morgan fingerprint density at radius 1 is 1.08 bits per heavy atom. The quantitative estimate of drug-likeness (QED) is 0.749. The molecule has 0 saturated carbocycles. The Labute approximate surface area is 155 Å². The number of aryl methyl sites for hydroxylation is 1. The summed E-state index contributed by atoms with van der Waals surface area (Å²) in [6.07, 6.45) is 4.15. The minimum atomic E-state index is 0.0252. The predicted octanol–water partition coefficient (Wildman–Crippen LogP) is 2.55. The van der Waals surface area contributed by atoms with E-state index in [4.69, 9.17) is 0 Å². The number of anilines is 2. The lowest BCUT2D eigenvalue weighted by molar-refractivity contribution is -0.120. The first-order valence-electron chi connectivity index (χ1n) is 9.36. The van der Waals surface area contributed by atoms with E-state index in [1.807, 2.05) is 43.3 Å². The van der Waals surface area contributed by atoms with Crippen molar-refractivity contribution in [3.63, 3.8) is 0 Å². The molecule has 1 aliphatic rings. The van der Waals surface area contributed by atoms with Gasteiger partial charge in [-0.15, -0.1) is 0 Å². The van der Waals surface area contributed by atoms with Crippen LogP contribution in [0.5, 0.6) is 0 Å². The summed E-state index contributed by atoms with van der Waals surface area (Å²) in [7, 11) is 0. The lowest BCUT2D eigenvalue weighted by atomic mass is 10.1. The van der Waals surface area contributed by atoms with Gasteiger partial charge in [-0.25, -0.2) is 4.98 Å². The summed E-state index contributed by atoms with van der Waals surface area (Å²) in [6, 6.07) is 11.8. The van der Waals surface area contributed by atoms with Gasteiger partial charge < -0.3 is 15.5 Å². The second-order valence-corrected chi connectivity index (χ2v) is 6.68. The average molecular weight is 353 g/mol. The van der Waals surface area contributed by atoms with Gasteiger partial charge >= 0.3 is 0 Å². The molecule has 0 spiro atoms. The fourth-order valence-electron chi connectivity index (χ4n) is 3.14. The van der Waals surface area contributed by atoms with Crippen molar-refractivity contribution >= 4 is 17.7 Å². The molecule has 2 N–H and O–H groups in total. The van der Waals surface area contributed by atoms with Crippen molar-refractivity contribution in [1.82, 2.24) is 15.3 Å². The van der Waals surface area contributed by atoms with E-state index in [-0.39, 0.29) is 5.91 Å². The number of carbonyl (C=O) groups excluding carboxylic acids is 1. The summed E-state index contributed by atoms with van der Waals surface area (Å²) < 4.78 is 0. The van der Waals surface area contributed by atoms with E-state index >= 15 is 0 Å². The van der Waals surface area contributed by atoms with Gasteiger partial charge in [0.15, 0.2) is 0 Å². The summed E-state index contributed by atoms with van der Waals surface area (Å²) in [5, 5.41) is 6.15. The fraction of sp³-hybridized carbons (Fsp3) is 0.450. The molecular weight excluding hydrogens is 326 g/mol. The molecule has 0 atom stereocenters. The van der Waals surface area contributed by atoms with Gasteiger partial charge in [-0.3, -0.25) is 4.79 Å². The van der Waals surface area contributed by atoms with E-state index in [0.29, 0.717) is 25.5 Å². The summed E-state index contributed by atoms with van der Waals surface area (Å²) >= 11 is 0. The minimum absolute atomic E-state index is 0.0252. The SMILES string of the molecule is Cc1cc(N2CCCCC2)nc(NCCNC(=O)Cc2ccccc2)n1. The predicted molar refractivity (Wildman–Crippen MR) is 104 cm³/mol. The molecular formula is C20H27N5O. The van der Waals surface area contributed by atoms with Gasteiger partial charge in [0.25, 0.3) is 0 Å². The van der Waals surface area contributed by atoms with Crippen LogP contribution in [0.3, 0.4) is 0 Å². The lowest BCUT2D eigenvalue weighted by Gasteiger charge is -2.28. The largest absolute Gasteiger partial charge is 0.356 e. The van der Waals surface area contributed by atoms with Crippen molar-refractivity contribution in [1.29, 1.82) is 0 Å². The highest BCUT2D eigenvalue weighted by Gasteiger charge is 2.13. The smallest absolute Gasteiger partial charge is 0.224 e. The van der Waals surface area contributed by atoms with Gasteiger partial charge in [-0.1, -0.05) is 30.3 Å². The van der Waals surface area contributed by atoms with Crippen LogP contribution in [-0.2, 0) is 11.2 Å². The standard InChI is InChI=1S/C20H27N5O/c1-16-14-18(25-12-6-3-7-13-25)24-20(23-16)22-11-10-21-19(26)15-17-8-4-2-5-9-17/h2,4-5,8-9,14H,3,6-7,10-13,15H2,1H3,(H,21,26)(H,22,23,24). The van der Waals surface area contributed by atoms with Crippen LogP contribution in [0.25, 0.3) is 0 Å². The van der Waals surface area contributed by atoms with Gasteiger partial charge in [0.2, 0.25) is 11.9 Å². The van der Waals surface area contributed by atoms with Crippen molar-refractivity contribution in [2.45, 2.75) is 32.6 Å². The van der Waals surface area contributed by atoms with E-state index in [1.165, 1.54) is 19.3 Å². The Bertz CT molecular complexity index is 713. The molecule has 3 rings (SSSR count). The molecule has 6 nitrogen and oxygen atoms in total. The number of piperidine rings is 1. The molecule has 1 fully saturated rings. The number of carbonyl (C=O) groups is 1. The summed E-state index contributed by atoms with van der Waals surface area (Å²) in [6.45, 7) is 5.25. The molecule has 0 unspecified atom stereocenters. The van der Waals surface area contributed by atoms with Gasteiger partial charge in [0.05, 0.1) is 6.42 Å². The van der Waals surface area contributed by atoms with Crippen molar-refractivity contribution < 1.29 is 4.79 Å². The highest BCUT2D eigenvalue weighted by atomic mass is 16.1. The zero-order valence-electron chi connectivity index (χ0n) is 15.4. The van der Waals surface area contributed by atoms with E-state index in [1.54, 1.807) is 0 Å². The normalized spacial score (nSPS) is 14.1. The molecule has 1 saturated heterocycles. The molecule has 1 aliphatic heterocycles. The van der Waals surface area contributed by atoms with Crippen LogP contribution >= 0.6 is 0 Å². The van der Waals surface area contributed by atoms with E-state index in [0.717, 1.165) is 30.2 Å². The number of hydrogen-bond acceptors (Lipinski definition) is 5. The molecule has 6 heteroatoms. The highest BCUT2D eigenvalue weighted by molar-refractivity contribution is 5.78. The number of hydrogen-bond donors (Lipinski definition) is 2. The number of benzene rings is 1. The third kappa shape index (κ3) is 5.44. The highest BCUT2D eigenvalue weighted by Crippen LogP contribution is 2.19. The zero-order chi connectivity index (χ0) is 18.2. The first-order valence-corrected chi connectivity index (χ1v) is 9.36. The Kier molecular flexibility index (Phi) is 6.41. The van der Waals surface area contributed by atoms with Gasteiger partial charge in [0, 0.05) is 37.9 Å². The fourth-order valence-corrected chi connectivity index (χ4v) is 3.14. The molecule has 2 heterocycles. The lowest BCUT2D eigenvalue weighted by Crippen LogP contribution is -2.31. The molecule has 26 heavy (non-hydrogen) atoms. The molecule has 0 aliphatic carbocycles. The molecule has 0 radical (unpaired) electrons.